The Morgan fingerprint density at radius 3 is 2.38 bits per heavy atom. The summed E-state index contributed by atoms with van der Waals surface area (Å²) < 4.78 is 22.0. The first-order chi connectivity index (χ1) is 16.4. The monoisotopic (exact) mass is 502 g/mol. The highest BCUT2D eigenvalue weighted by Gasteiger charge is 2.11. The Hall–Kier alpha value is -3.42. The smallest absolute Gasteiger partial charge is 0.271 e. The van der Waals surface area contributed by atoms with Gasteiger partial charge in [-0.1, -0.05) is 29.3 Å². The number of carbonyl (C=O) groups excluding carboxylic acids is 1. The van der Waals surface area contributed by atoms with Gasteiger partial charge in [-0.2, -0.15) is 5.10 Å². The highest BCUT2D eigenvalue weighted by Crippen LogP contribution is 2.30. The minimum atomic E-state index is -0.387. The van der Waals surface area contributed by atoms with Gasteiger partial charge in [0, 0.05) is 21.2 Å². The quantitative estimate of drug-likeness (QED) is 0.282. The molecule has 0 spiro atoms. The van der Waals surface area contributed by atoms with E-state index in [0.29, 0.717) is 50.8 Å². The molecule has 0 aliphatic rings. The lowest BCUT2D eigenvalue weighted by atomic mass is 10.2. The van der Waals surface area contributed by atoms with Crippen LogP contribution < -0.4 is 24.4 Å². The van der Waals surface area contributed by atoms with Gasteiger partial charge in [-0.25, -0.2) is 5.43 Å². The number of carbonyl (C=O) groups is 1. The molecule has 0 atom stereocenters. The van der Waals surface area contributed by atoms with Crippen molar-refractivity contribution in [2.24, 2.45) is 5.10 Å². The van der Waals surface area contributed by atoms with Crippen LogP contribution in [0.1, 0.15) is 28.4 Å². The number of nitrogens with one attached hydrogen (secondary N) is 1. The first-order valence-electron chi connectivity index (χ1n) is 10.3. The fourth-order valence-electron chi connectivity index (χ4n) is 2.99. The molecule has 0 radical (unpaired) electrons. The number of benzene rings is 3. The van der Waals surface area contributed by atoms with Gasteiger partial charge in [-0.05, 0) is 61.0 Å². The van der Waals surface area contributed by atoms with Gasteiger partial charge in [-0.15, -0.1) is 0 Å². The maximum Gasteiger partial charge on any atom is 0.271 e. The van der Waals surface area contributed by atoms with E-state index in [-0.39, 0.29) is 12.5 Å². The largest absolute Gasteiger partial charge is 0.493 e. The first kappa shape index (κ1) is 25.2. The van der Waals surface area contributed by atoms with Crippen LogP contribution in [0, 0.1) is 0 Å². The summed E-state index contributed by atoms with van der Waals surface area (Å²) in [5.41, 5.74) is 4.40. The Bertz CT molecular complexity index is 1180. The molecule has 0 unspecified atom stereocenters. The summed E-state index contributed by atoms with van der Waals surface area (Å²) in [6.07, 6.45) is 1.51. The first-order valence-corrected chi connectivity index (χ1v) is 11.1. The summed E-state index contributed by atoms with van der Waals surface area (Å²) in [5.74, 6) is 1.70. The van der Waals surface area contributed by atoms with Crippen molar-refractivity contribution in [2.75, 3.05) is 20.8 Å². The third-order valence-electron chi connectivity index (χ3n) is 4.69. The van der Waals surface area contributed by atoms with E-state index in [1.165, 1.54) is 20.4 Å². The van der Waals surface area contributed by atoms with E-state index in [1.807, 2.05) is 13.0 Å². The van der Waals surface area contributed by atoms with Crippen molar-refractivity contribution in [3.05, 3.63) is 81.3 Å². The average Bonchev–Trinajstić information content (AvgIpc) is 2.84. The van der Waals surface area contributed by atoms with Crippen molar-refractivity contribution >= 4 is 35.3 Å². The van der Waals surface area contributed by atoms with Crippen LogP contribution in [0.4, 0.5) is 0 Å². The Kier molecular flexibility index (Phi) is 9.01. The van der Waals surface area contributed by atoms with Crippen LogP contribution >= 0.6 is 23.2 Å². The molecule has 0 aromatic heterocycles. The van der Waals surface area contributed by atoms with Crippen LogP contribution in [-0.4, -0.2) is 32.9 Å². The molecule has 178 valence electrons. The Morgan fingerprint density at radius 2 is 1.68 bits per heavy atom. The number of halogens is 2. The van der Waals surface area contributed by atoms with Gasteiger partial charge in [0.1, 0.15) is 6.61 Å². The predicted octanol–water partition coefficient (Wildman–Crippen LogP) is 5.75. The number of ether oxygens (including phenoxy) is 4. The third-order valence-corrected chi connectivity index (χ3v) is 5.28. The molecule has 1 amide bonds. The lowest BCUT2D eigenvalue weighted by Crippen LogP contribution is -2.17. The fraction of sp³-hybridized carbons (Fsp3) is 0.200. The van der Waals surface area contributed by atoms with Gasteiger partial charge < -0.3 is 18.9 Å². The van der Waals surface area contributed by atoms with Crippen LogP contribution in [0.5, 0.6) is 23.0 Å². The average molecular weight is 503 g/mol. The lowest BCUT2D eigenvalue weighted by molar-refractivity contribution is 0.0954. The maximum absolute atomic E-state index is 12.4. The third kappa shape index (κ3) is 6.56. The normalized spacial score (nSPS) is 10.7. The molecule has 0 heterocycles. The predicted molar refractivity (Wildman–Crippen MR) is 133 cm³/mol. The second kappa shape index (κ2) is 12.2. The number of hydrogen-bond acceptors (Lipinski definition) is 6. The molecule has 9 heteroatoms. The van der Waals surface area contributed by atoms with Crippen molar-refractivity contribution < 1.29 is 23.7 Å². The summed E-state index contributed by atoms with van der Waals surface area (Å²) >= 11 is 12.2. The van der Waals surface area contributed by atoms with Crippen LogP contribution in [0.3, 0.4) is 0 Å². The van der Waals surface area contributed by atoms with E-state index in [9.17, 15) is 4.79 Å². The van der Waals surface area contributed by atoms with Crippen LogP contribution in [-0.2, 0) is 6.61 Å². The zero-order chi connectivity index (χ0) is 24.5. The standard InChI is InChI=1S/C25H24Cl2N2O5/c1-4-33-24-11-16(5-9-22(24)34-15-18-6-8-19(26)13-20(18)27)14-28-29-25(30)17-7-10-21(31-2)23(12-17)32-3/h5-14H,4,15H2,1-3H3,(H,29,30)/b28-14+. The molecule has 0 aliphatic heterocycles. The Balaban J connectivity index is 1.67. The minimum absolute atomic E-state index is 0.255. The minimum Gasteiger partial charge on any atom is -0.493 e. The van der Waals surface area contributed by atoms with Gasteiger partial charge in [0.25, 0.3) is 5.91 Å². The van der Waals surface area contributed by atoms with E-state index in [1.54, 1.807) is 48.5 Å². The molecule has 0 saturated carbocycles. The maximum atomic E-state index is 12.4. The molecular weight excluding hydrogens is 479 g/mol. The van der Waals surface area contributed by atoms with Crippen molar-refractivity contribution in [3.63, 3.8) is 0 Å². The van der Waals surface area contributed by atoms with Crippen LogP contribution in [0.25, 0.3) is 0 Å². The summed E-state index contributed by atoms with van der Waals surface area (Å²) in [6.45, 7) is 2.59. The van der Waals surface area contributed by atoms with E-state index in [0.717, 1.165) is 5.56 Å². The highest BCUT2D eigenvalue weighted by atomic mass is 35.5. The Morgan fingerprint density at radius 1 is 0.912 bits per heavy atom. The summed E-state index contributed by atoms with van der Waals surface area (Å²) in [4.78, 5) is 12.4. The fourth-order valence-corrected chi connectivity index (χ4v) is 3.46. The van der Waals surface area contributed by atoms with Gasteiger partial charge in [0.15, 0.2) is 23.0 Å². The lowest BCUT2D eigenvalue weighted by Gasteiger charge is -2.13. The van der Waals surface area contributed by atoms with E-state index in [4.69, 9.17) is 42.1 Å². The van der Waals surface area contributed by atoms with E-state index < -0.39 is 0 Å². The van der Waals surface area contributed by atoms with E-state index in [2.05, 4.69) is 10.5 Å². The topological polar surface area (TPSA) is 78.4 Å². The molecule has 7 nitrogen and oxygen atoms in total. The molecule has 1 N–H and O–H groups in total. The highest BCUT2D eigenvalue weighted by molar-refractivity contribution is 6.35. The van der Waals surface area contributed by atoms with Gasteiger partial charge in [0.2, 0.25) is 0 Å². The SMILES string of the molecule is CCOc1cc(/C=N/NC(=O)c2ccc(OC)c(OC)c2)ccc1OCc1ccc(Cl)cc1Cl. The zero-order valence-corrected chi connectivity index (χ0v) is 20.4. The molecule has 34 heavy (non-hydrogen) atoms. The van der Waals surface area contributed by atoms with Crippen LogP contribution in [0.15, 0.2) is 59.7 Å². The van der Waals surface area contributed by atoms with Gasteiger partial charge in [-0.3, -0.25) is 4.79 Å². The summed E-state index contributed by atoms with van der Waals surface area (Å²) in [6, 6.07) is 15.4. The van der Waals surface area contributed by atoms with Crippen molar-refractivity contribution in [2.45, 2.75) is 13.5 Å². The van der Waals surface area contributed by atoms with Crippen LogP contribution in [0.2, 0.25) is 10.0 Å². The second-order valence-corrected chi connectivity index (χ2v) is 7.78. The van der Waals surface area contributed by atoms with E-state index >= 15 is 0 Å². The number of rotatable bonds is 10. The molecule has 0 bridgehead atoms. The number of methoxy groups -OCH3 is 2. The molecule has 0 aliphatic carbocycles. The number of amides is 1. The summed E-state index contributed by atoms with van der Waals surface area (Å²) in [5, 5.41) is 5.13. The second-order valence-electron chi connectivity index (χ2n) is 6.93. The van der Waals surface area contributed by atoms with Crippen molar-refractivity contribution in [1.29, 1.82) is 0 Å². The molecule has 3 aromatic carbocycles. The number of hydrazone groups is 1. The molecule has 0 fully saturated rings. The van der Waals surface area contributed by atoms with Gasteiger partial charge in [0.05, 0.1) is 27.0 Å². The molecule has 3 aromatic rings. The molecule has 0 saturated heterocycles. The number of nitrogens with zero attached hydrogens (tertiary/aromatic N) is 1. The van der Waals surface area contributed by atoms with Crippen molar-refractivity contribution in [3.8, 4) is 23.0 Å². The molecule has 3 rings (SSSR count). The van der Waals surface area contributed by atoms with Gasteiger partial charge >= 0.3 is 0 Å². The zero-order valence-electron chi connectivity index (χ0n) is 18.9. The Labute approximate surface area is 208 Å². The number of hydrogen-bond donors (Lipinski definition) is 1. The summed E-state index contributed by atoms with van der Waals surface area (Å²) in [7, 11) is 3.03. The van der Waals surface area contributed by atoms with Crippen molar-refractivity contribution in [1.82, 2.24) is 5.43 Å². The molecular formula is C25H24Cl2N2O5.